The number of amides is 2. The molecule has 1 rings (SSSR count). The summed E-state index contributed by atoms with van der Waals surface area (Å²) in [7, 11) is 3.86. The number of carboxylic acids is 1. The molecule has 2 amide bonds. The predicted molar refractivity (Wildman–Crippen MR) is 73.2 cm³/mol. The van der Waals surface area contributed by atoms with Gasteiger partial charge >= 0.3 is 12.0 Å². The molecule has 0 aliphatic carbocycles. The van der Waals surface area contributed by atoms with Gasteiger partial charge < -0.3 is 20.2 Å². The largest absolute Gasteiger partial charge is 0.479 e. The van der Waals surface area contributed by atoms with Gasteiger partial charge in [0.15, 0.2) is 0 Å². The van der Waals surface area contributed by atoms with Crippen molar-refractivity contribution in [2.45, 2.75) is 38.1 Å². The van der Waals surface area contributed by atoms with E-state index in [2.05, 4.69) is 5.32 Å². The lowest BCUT2D eigenvalue weighted by Gasteiger charge is -2.34. The van der Waals surface area contributed by atoms with Crippen molar-refractivity contribution in [3.05, 3.63) is 0 Å². The van der Waals surface area contributed by atoms with E-state index in [1.807, 2.05) is 25.9 Å². The van der Waals surface area contributed by atoms with Crippen LogP contribution in [-0.4, -0.2) is 66.2 Å². The van der Waals surface area contributed by atoms with E-state index in [-0.39, 0.29) is 6.03 Å². The van der Waals surface area contributed by atoms with E-state index in [1.165, 1.54) is 4.90 Å². The minimum Gasteiger partial charge on any atom is -0.479 e. The number of nitrogens with one attached hydrogen (secondary N) is 1. The summed E-state index contributed by atoms with van der Waals surface area (Å²) in [5.41, 5.74) is -1.00. The summed E-state index contributed by atoms with van der Waals surface area (Å²) in [6.07, 6.45) is 2.59. The van der Waals surface area contributed by atoms with Crippen molar-refractivity contribution in [1.82, 2.24) is 15.1 Å². The fraction of sp³-hybridized carbons (Fsp3) is 0.846. The molecule has 0 spiro atoms. The van der Waals surface area contributed by atoms with Crippen molar-refractivity contribution in [2.75, 3.05) is 33.7 Å². The smallest absolute Gasteiger partial charge is 0.329 e. The van der Waals surface area contributed by atoms with Crippen LogP contribution < -0.4 is 5.32 Å². The first-order valence-electron chi connectivity index (χ1n) is 6.87. The number of likely N-dealkylation sites (N-methyl/N-ethyl adjacent to an activating group) is 1. The first kappa shape index (κ1) is 15.8. The molecule has 1 atom stereocenters. The van der Waals surface area contributed by atoms with Crippen LogP contribution in [0.5, 0.6) is 0 Å². The lowest BCUT2D eigenvalue weighted by molar-refractivity contribution is -0.148. The first-order valence-corrected chi connectivity index (χ1v) is 6.87. The molecule has 0 radical (unpaired) electrons. The van der Waals surface area contributed by atoms with Crippen LogP contribution in [0.25, 0.3) is 0 Å². The summed E-state index contributed by atoms with van der Waals surface area (Å²) < 4.78 is 0. The second kappa shape index (κ2) is 6.75. The summed E-state index contributed by atoms with van der Waals surface area (Å²) >= 11 is 0. The van der Waals surface area contributed by atoms with Gasteiger partial charge in [0.2, 0.25) is 0 Å². The Hall–Kier alpha value is -1.30. The summed E-state index contributed by atoms with van der Waals surface area (Å²) in [6, 6.07) is -0.254. The van der Waals surface area contributed by atoms with Gasteiger partial charge in [0, 0.05) is 19.6 Å². The summed E-state index contributed by atoms with van der Waals surface area (Å²) in [4.78, 5) is 27.2. The molecule has 0 aromatic heterocycles. The number of carbonyl (C=O) groups is 2. The highest BCUT2D eigenvalue weighted by Gasteiger charge is 2.49. The molecule has 1 unspecified atom stereocenters. The quantitative estimate of drug-likeness (QED) is 0.755. The minimum atomic E-state index is -1.00. The van der Waals surface area contributed by atoms with E-state index < -0.39 is 11.5 Å². The Kier molecular flexibility index (Phi) is 5.60. The van der Waals surface area contributed by atoms with E-state index in [0.29, 0.717) is 25.9 Å². The molecule has 0 aromatic carbocycles. The Morgan fingerprint density at radius 2 is 2.11 bits per heavy atom. The Bertz CT molecular complexity index is 333. The zero-order valence-corrected chi connectivity index (χ0v) is 12.1. The van der Waals surface area contributed by atoms with Crippen molar-refractivity contribution in [1.29, 1.82) is 0 Å². The number of hydrogen-bond donors (Lipinski definition) is 2. The molecule has 2 N–H and O–H groups in total. The first-order chi connectivity index (χ1) is 8.94. The minimum absolute atomic E-state index is 0.254. The second-order valence-electron chi connectivity index (χ2n) is 5.38. The summed E-state index contributed by atoms with van der Waals surface area (Å²) in [5, 5.41) is 12.3. The SMILES string of the molecule is CCCC1(C(=O)O)CCCN1C(=O)NCCN(C)C. The zero-order valence-electron chi connectivity index (χ0n) is 12.1. The van der Waals surface area contributed by atoms with Crippen LogP contribution >= 0.6 is 0 Å². The standard InChI is InChI=1S/C13H25N3O3/c1-4-6-13(11(17)18)7-5-9-16(13)12(19)14-8-10-15(2)3/h4-10H2,1-3H3,(H,14,19)(H,17,18). The monoisotopic (exact) mass is 271 g/mol. The maximum atomic E-state index is 12.2. The average molecular weight is 271 g/mol. The Morgan fingerprint density at radius 1 is 1.42 bits per heavy atom. The van der Waals surface area contributed by atoms with Crippen LogP contribution in [0, 0.1) is 0 Å². The molecule has 6 nitrogen and oxygen atoms in total. The third-order valence-electron chi connectivity index (χ3n) is 3.63. The topological polar surface area (TPSA) is 72.9 Å². The van der Waals surface area contributed by atoms with Crippen LogP contribution in [-0.2, 0) is 4.79 Å². The van der Waals surface area contributed by atoms with Gasteiger partial charge in [0.25, 0.3) is 0 Å². The highest BCUT2D eigenvalue weighted by atomic mass is 16.4. The van der Waals surface area contributed by atoms with Gasteiger partial charge in [-0.25, -0.2) is 9.59 Å². The van der Waals surface area contributed by atoms with E-state index in [9.17, 15) is 14.7 Å². The van der Waals surface area contributed by atoms with Crippen LogP contribution in [0.3, 0.4) is 0 Å². The van der Waals surface area contributed by atoms with Crippen molar-refractivity contribution < 1.29 is 14.7 Å². The molecule has 1 heterocycles. The molecular formula is C13H25N3O3. The Morgan fingerprint density at radius 3 is 2.63 bits per heavy atom. The van der Waals surface area contributed by atoms with Crippen molar-refractivity contribution >= 4 is 12.0 Å². The molecular weight excluding hydrogens is 246 g/mol. The van der Waals surface area contributed by atoms with Crippen LogP contribution in [0.15, 0.2) is 0 Å². The van der Waals surface area contributed by atoms with Gasteiger partial charge in [-0.2, -0.15) is 0 Å². The molecule has 1 saturated heterocycles. The normalized spacial score (nSPS) is 22.8. The average Bonchev–Trinajstić information content (AvgIpc) is 2.74. The van der Waals surface area contributed by atoms with Crippen LogP contribution in [0.2, 0.25) is 0 Å². The Balaban J connectivity index is 2.68. The second-order valence-corrected chi connectivity index (χ2v) is 5.38. The van der Waals surface area contributed by atoms with Gasteiger partial charge in [-0.1, -0.05) is 13.3 Å². The fourth-order valence-corrected chi connectivity index (χ4v) is 2.66. The molecule has 0 bridgehead atoms. The Labute approximate surface area is 114 Å². The molecule has 1 aliphatic rings. The highest BCUT2D eigenvalue weighted by Crippen LogP contribution is 2.33. The van der Waals surface area contributed by atoms with E-state index in [4.69, 9.17) is 0 Å². The third-order valence-corrected chi connectivity index (χ3v) is 3.63. The summed E-state index contributed by atoms with van der Waals surface area (Å²) in [5.74, 6) is -0.880. The van der Waals surface area contributed by atoms with Crippen molar-refractivity contribution in [3.8, 4) is 0 Å². The fourth-order valence-electron chi connectivity index (χ4n) is 2.66. The lowest BCUT2D eigenvalue weighted by Crippen LogP contribution is -2.56. The molecule has 1 aliphatic heterocycles. The van der Waals surface area contributed by atoms with Gasteiger partial charge in [-0.05, 0) is 33.4 Å². The van der Waals surface area contributed by atoms with Crippen LogP contribution in [0.4, 0.5) is 4.79 Å². The number of rotatable bonds is 6. The van der Waals surface area contributed by atoms with E-state index in [1.54, 1.807) is 0 Å². The predicted octanol–water partition coefficient (Wildman–Crippen LogP) is 0.977. The van der Waals surface area contributed by atoms with Crippen LogP contribution in [0.1, 0.15) is 32.6 Å². The molecule has 0 aromatic rings. The molecule has 1 fully saturated rings. The number of carbonyl (C=O) groups excluding carboxylic acids is 1. The van der Waals surface area contributed by atoms with Crippen molar-refractivity contribution in [2.24, 2.45) is 0 Å². The number of aliphatic carboxylic acids is 1. The zero-order chi connectivity index (χ0) is 14.5. The van der Waals surface area contributed by atoms with E-state index in [0.717, 1.165) is 19.4 Å². The number of hydrogen-bond acceptors (Lipinski definition) is 3. The van der Waals surface area contributed by atoms with Gasteiger partial charge in [-0.15, -0.1) is 0 Å². The van der Waals surface area contributed by atoms with Gasteiger partial charge in [0.05, 0.1) is 0 Å². The van der Waals surface area contributed by atoms with Gasteiger partial charge in [-0.3, -0.25) is 0 Å². The number of carboxylic acid groups (broad SMARTS) is 1. The molecule has 0 saturated carbocycles. The maximum absolute atomic E-state index is 12.2. The van der Waals surface area contributed by atoms with Gasteiger partial charge in [0.1, 0.15) is 5.54 Å². The maximum Gasteiger partial charge on any atom is 0.329 e. The highest BCUT2D eigenvalue weighted by molar-refractivity contribution is 5.87. The molecule has 110 valence electrons. The van der Waals surface area contributed by atoms with E-state index >= 15 is 0 Å². The number of urea groups is 1. The molecule has 6 heteroatoms. The lowest BCUT2D eigenvalue weighted by atomic mass is 9.91. The summed E-state index contributed by atoms with van der Waals surface area (Å²) in [6.45, 7) is 3.75. The number of nitrogens with zero attached hydrogens (tertiary/aromatic N) is 2. The number of likely N-dealkylation sites (tertiary alicyclic amines) is 1. The third kappa shape index (κ3) is 3.59. The molecule has 19 heavy (non-hydrogen) atoms. The van der Waals surface area contributed by atoms with Crippen molar-refractivity contribution in [3.63, 3.8) is 0 Å².